The number of benzene rings is 2. The number of nitrogens with one attached hydrogen (secondary N) is 1. The zero-order chi connectivity index (χ0) is 18.4. The first-order valence-corrected chi connectivity index (χ1v) is 9.34. The van der Waals surface area contributed by atoms with Crippen LogP contribution in [0.15, 0.2) is 48.0 Å². The number of fused-ring (bicyclic) bond motifs is 1. The van der Waals surface area contributed by atoms with Gasteiger partial charge >= 0.3 is 0 Å². The van der Waals surface area contributed by atoms with E-state index in [1.165, 1.54) is 11.3 Å². The normalized spacial score (nSPS) is 10.7. The molecule has 2 aromatic carbocycles. The molecule has 134 valence electrons. The number of hydrogen-bond acceptors (Lipinski definition) is 5. The van der Waals surface area contributed by atoms with Crippen LogP contribution in [-0.4, -0.2) is 23.8 Å². The maximum absolute atomic E-state index is 12.4. The lowest BCUT2D eigenvalue weighted by molar-refractivity contribution is -0.116. The summed E-state index contributed by atoms with van der Waals surface area (Å²) in [6.45, 7) is 0. The van der Waals surface area contributed by atoms with Gasteiger partial charge in [0.05, 0.1) is 7.11 Å². The third-order valence-electron chi connectivity index (χ3n) is 4.11. The number of rotatable bonds is 8. The van der Waals surface area contributed by atoms with E-state index in [1.807, 2.05) is 41.8 Å². The van der Waals surface area contributed by atoms with Crippen LogP contribution in [0, 0.1) is 0 Å². The topological polar surface area (TPSA) is 68.3 Å². The van der Waals surface area contributed by atoms with Crippen molar-refractivity contribution in [1.29, 1.82) is 0 Å². The Morgan fingerprint density at radius 3 is 2.62 bits per heavy atom. The van der Waals surface area contributed by atoms with Crippen molar-refractivity contribution in [2.24, 2.45) is 0 Å². The van der Waals surface area contributed by atoms with E-state index in [0.29, 0.717) is 36.4 Å². The summed E-state index contributed by atoms with van der Waals surface area (Å²) in [5, 5.41) is 7.22. The maximum atomic E-state index is 12.4. The number of carbonyl (C=O) groups excluding carboxylic acids is 2. The van der Waals surface area contributed by atoms with E-state index >= 15 is 0 Å². The van der Waals surface area contributed by atoms with Gasteiger partial charge in [-0.2, -0.15) is 0 Å². The highest BCUT2D eigenvalue weighted by Gasteiger charge is 2.09. The van der Waals surface area contributed by atoms with Gasteiger partial charge in [-0.3, -0.25) is 9.59 Å². The van der Waals surface area contributed by atoms with Crippen molar-refractivity contribution in [2.75, 3.05) is 12.4 Å². The van der Waals surface area contributed by atoms with Crippen molar-refractivity contribution < 1.29 is 14.3 Å². The third-order valence-corrected chi connectivity index (χ3v) is 4.79. The molecule has 1 N–H and O–H groups in total. The van der Waals surface area contributed by atoms with Crippen molar-refractivity contribution >= 4 is 38.9 Å². The Bertz CT molecular complexity index is 907. The molecule has 0 spiro atoms. The Morgan fingerprint density at radius 1 is 1.08 bits per heavy atom. The average Bonchev–Trinajstić information content (AvgIpc) is 3.17. The second-order valence-corrected chi connectivity index (χ2v) is 6.84. The minimum atomic E-state index is -0.0629. The Kier molecular flexibility index (Phi) is 5.96. The first kappa shape index (κ1) is 18.1. The van der Waals surface area contributed by atoms with Crippen LogP contribution in [-0.2, 0) is 4.79 Å². The molecule has 26 heavy (non-hydrogen) atoms. The summed E-state index contributed by atoms with van der Waals surface area (Å²) >= 11 is 1.39. The summed E-state index contributed by atoms with van der Waals surface area (Å²) < 4.78 is 5.21. The predicted octanol–water partition coefficient (Wildman–Crippen LogP) is 4.69. The molecule has 3 aromatic rings. The average molecular weight is 368 g/mol. The van der Waals surface area contributed by atoms with E-state index in [9.17, 15) is 9.59 Å². The van der Waals surface area contributed by atoms with E-state index in [1.54, 1.807) is 13.3 Å². The molecular formula is C20H20N2O3S. The standard InChI is InChI=1S/C20H20N2O3S/c1-25-17-9-8-14-12-16(7-6-15(14)13-17)18(23)4-2-3-5-19(24)22-20-21-10-11-26-20/h6-13H,2-5H2,1H3,(H,21,22,24). The Morgan fingerprint density at radius 2 is 1.85 bits per heavy atom. The molecule has 0 bridgehead atoms. The smallest absolute Gasteiger partial charge is 0.226 e. The van der Waals surface area contributed by atoms with Crippen LogP contribution >= 0.6 is 11.3 Å². The molecule has 3 rings (SSSR count). The van der Waals surface area contributed by atoms with Crippen LogP contribution in [0.5, 0.6) is 5.75 Å². The van der Waals surface area contributed by atoms with Crippen LogP contribution in [0.2, 0.25) is 0 Å². The minimum absolute atomic E-state index is 0.0629. The number of nitrogens with zero attached hydrogens (tertiary/aromatic N) is 1. The molecule has 0 aliphatic rings. The zero-order valence-electron chi connectivity index (χ0n) is 14.5. The van der Waals surface area contributed by atoms with Gasteiger partial charge in [-0.25, -0.2) is 4.98 Å². The molecule has 0 atom stereocenters. The molecule has 0 saturated heterocycles. The number of anilines is 1. The van der Waals surface area contributed by atoms with Gasteiger partial charge in [0.1, 0.15) is 5.75 Å². The molecular weight excluding hydrogens is 348 g/mol. The second-order valence-electron chi connectivity index (χ2n) is 5.94. The highest BCUT2D eigenvalue weighted by Crippen LogP contribution is 2.22. The number of thiazole rings is 1. The highest BCUT2D eigenvalue weighted by atomic mass is 32.1. The molecule has 1 amide bonds. The molecule has 6 heteroatoms. The van der Waals surface area contributed by atoms with E-state index in [2.05, 4.69) is 10.3 Å². The van der Waals surface area contributed by atoms with E-state index in [4.69, 9.17) is 4.74 Å². The molecule has 0 aliphatic heterocycles. The molecule has 0 aliphatic carbocycles. The summed E-state index contributed by atoms with van der Waals surface area (Å²) in [4.78, 5) is 28.2. The van der Waals surface area contributed by atoms with Gasteiger partial charge in [-0.1, -0.05) is 18.2 Å². The van der Waals surface area contributed by atoms with E-state index in [0.717, 1.165) is 16.5 Å². The summed E-state index contributed by atoms with van der Waals surface area (Å²) in [5.41, 5.74) is 0.704. The molecule has 0 saturated carbocycles. The van der Waals surface area contributed by atoms with Crippen molar-refractivity contribution in [3.63, 3.8) is 0 Å². The van der Waals surface area contributed by atoms with Crippen molar-refractivity contribution in [3.8, 4) is 5.75 Å². The number of unbranched alkanes of at least 4 members (excludes halogenated alkanes) is 1. The lowest BCUT2D eigenvalue weighted by Crippen LogP contribution is -2.11. The fraction of sp³-hybridized carbons (Fsp3) is 0.250. The first-order chi connectivity index (χ1) is 12.7. The lowest BCUT2D eigenvalue weighted by atomic mass is 10.0. The highest BCUT2D eigenvalue weighted by molar-refractivity contribution is 7.13. The van der Waals surface area contributed by atoms with E-state index < -0.39 is 0 Å². The molecule has 1 aromatic heterocycles. The van der Waals surface area contributed by atoms with Crippen LogP contribution in [0.1, 0.15) is 36.0 Å². The summed E-state index contributed by atoms with van der Waals surface area (Å²) in [7, 11) is 1.64. The Hall–Kier alpha value is -2.73. The minimum Gasteiger partial charge on any atom is -0.497 e. The number of aromatic nitrogens is 1. The Balaban J connectivity index is 1.48. The number of methoxy groups -OCH3 is 1. The van der Waals surface area contributed by atoms with Gasteiger partial charge in [0.15, 0.2) is 10.9 Å². The largest absolute Gasteiger partial charge is 0.497 e. The van der Waals surface area contributed by atoms with E-state index in [-0.39, 0.29) is 11.7 Å². The van der Waals surface area contributed by atoms with Gasteiger partial charge in [0.2, 0.25) is 5.91 Å². The zero-order valence-corrected chi connectivity index (χ0v) is 15.3. The van der Waals surface area contributed by atoms with Crippen molar-refractivity contribution in [2.45, 2.75) is 25.7 Å². The quantitative estimate of drug-likeness (QED) is 0.463. The van der Waals surface area contributed by atoms with Crippen molar-refractivity contribution in [1.82, 2.24) is 4.98 Å². The molecule has 1 heterocycles. The number of amides is 1. The van der Waals surface area contributed by atoms with Crippen molar-refractivity contribution in [3.05, 3.63) is 53.5 Å². The first-order valence-electron chi connectivity index (χ1n) is 8.46. The Labute approximate surface area is 156 Å². The maximum Gasteiger partial charge on any atom is 0.226 e. The molecule has 0 radical (unpaired) electrons. The number of ether oxygens (including phenoxy) is 1. The van der Waals surface area contributed by atoms with Gasteiger partial charge in [0.25, 0.3) is 0 Å². The number of ketones is 1. The third kappa shape index (κ3) is 4.67. The number of hydrogen-bond donors (Lipinski definition) is 1. The molecule has 5 nitrogen and oxygen atoms in total. The molecule has 0 fully saturated rings. The SMILES string of the molecule is COc1ccc2cc(C(=O)CCCCC(=O)Nc3nccs3)ccc2c1. The summed E-state index contributed by atoms with van der Waals surface area (Å²) in [5.74, 6) is 0.836. The predicted molar refractivity (Wildman–Crippen MR) is 104 cm³/mol. The summed E-state index contributed by atoms with van der Waals surface area (Å²) in [6, 6.07) is 11.5. The van der Waals surface area contributed by atoms with Gasteiger partial charge in [0, 0.05) is 30.0 Å². The van der Waals surface area contributed by atoms with Gasteiger partial charge in [-0.15, -0.1) is 11.3 Å². The van der Waals surface area contributed by atoms with Crippen LogP contribution < -0.4 is 10.1 Å². The summed E-state index contributed by atoms with van der Waals surface area (Å²) in [6.07, 6.45) is 3.84. The van der Waals surface area contributed by atoms with Crippen LogP contribution in [0.25, 0.3) is 10.8 Å². The second kappa shape index (κ2) is 8.58. The van der Waals surface area contributed by atoms with Crippen LogP contribution in [0.3, 0.4) is 0 Å². The number of Topliss-reactive ketones (excluding diaryl/α,β-unsaturated/α-hetero) is 1. The van der Waals surface area contributed by atoms with Gasteiger partial charge < -0.3 is 10.1 Å². The van der Waals surface area contributed by atoms with Gasteiger partial charge in [-0.05, 0) is 41.8 Å². The monoisotopic (exact) mass is 368 g/mol. The number of carbonyl (C=O) groups is 2. The fourth-order valence-corrected chi connectivity index (χ4v) is 3.25. The fourth-order valence-electron chi connectivity index (χ4n) is 2.71. The molecule has 0 unspecified atom stereocenters. The van der Waals surface area contributed by atoms with Crippen LogP contribution in [0.4, 0.5) is 5.13 Å². The lowest BCUT2D eigenvalue weighted by Gasteiger charge is -2.06.